The van der Waals surface area contributed by atoms with Gasteiger partial charge in [0, 0.05) is 16.9 Å². The highest BCUT2D eigenvalue weighted by Gasteiger charge is 2.45. The maximum atomic E-state index is 12.4. The van der Waals surface area contributed by atoms with Crippen LogP contribution in [0.5, 0.6) is 11.5 Å². The second-order valence-electron chi connectivity index (χ2n) is 7.15. The number of benzene rings is 3. The number of amides is 1. The Morgan fingerprint density at radius 3 is 1.79 bits per heavy atom. The van der Waals surface area contributed by atoms with Crippen molar-refractivity contribution >= 4 is 5.91 Å². The maximum absolute atomic E-state index is 12.4. The van der Waals surface area contributed by atoms with E-state index < -0.39 is 11.3 Å². The molecule has 0 saturated carbocycles. The summed E-state index contributed by atoms with van der Waals surface area (Å²) < 4.78 is 0. The standard InChI is InChI=1S/C25H21NO3/c26-24(29)22-7-4-16-25(18-8-12-20(27)13-9-18,19-10-14-21(28)15-11-19)23(22)17-5-2-1-3-6-17/h1-16,23,27-28H,(H2,26,29). The normalized spacial score (nSPS) is 17.5. The van der Waals surface area contributed by atoms with Gasteiger partial charge in [-0.15, -0.1) is 0 Å². The van der Waals surface area contributed by atoms with Crippen LogP contribution in [0.1, 0.15) is 22.6 Å². The fourth-order valence-corrected chi connectivity index (χ4v) is 4.22. The van der Waals surface area contributed by atoms with Crippen molar-refractivity contribution in [1.82, 2.24) is 0 Å². The van der Waals surface area contributed by atoms with E-state index >= 15 is 0 Å². The Morgan fingerprint density at radius 1 is 0.793 bits per heavy atom. The molecule has 1 aliphatic rings. The molecule has 29 heavy (non-hydrogen) atoms. The summed E-state index contributed by atoms with van der Waals surface area (Å²) in [7, 11) is 0. The Morgan fingerprint density at radius 2 is 1.31 bits per heavy atom. The average Bonchev–Trinajstić information content (AvgIpc) is 2.74. The zero-order chi connectivity index (χ0) is 20.4. The summed E-state index contributed by atoms with van der Waals surface area (Å²) in [4.78, 5) is 12.4. The van der Waals surface area contributed by atoms with Crippen LogP contribution < -0.4 is 5.73 Å². The van der Waals surface area contributed by atoms with Gasteiger partial charge in [0.25, 0.3) is 0 Å². The molecule has 3 aromatic rings. The van der Waals surface area contributed by atoms with Crippen LogP contribution in [0.3, 0.4) is 0 Å². The minimum Gasteiger partial charge on any atom is -0.508 e. The first-order chi connectivity index (χ1) is 14.0. The summed E-state index contributed by atoms with van der Waals surface area (Å²) >= 11 is 0. The maximum Gasteiger partial charge on any atom is 0.245 e. The predicted molar refractivity (Wildman–Crippen MR) is 113 cm³/mol. The van der Waals surface area contributed by atoms with Gasteiger partial charge < -0.3 is 15.9 Å². The monoisotopic (exact) mass is 383 g/mol. The molecule has 4 N–H and O–H groups in total. The molecule has 0 aromatic heterocycles. The summed E-state index contributed by atoms with van der Waals surface area (Å²) in [6.07, 6.45) is 5.66. The molecule has 1 atom stereocenters. The van der Waals surface area contributed by atoms with Gasteiger partial charge in [-0.3, -0.25) is 4.79 Å². The van der Waals surface area contributed by atoms with Crippen LogP contribution >= 0.6 is 0 Å². The van der Waals surface area contributed by atoms with E-state index in [-0.39, 0.29) is 17.4 Å². The largest absolute Gasteiger partial charge is 0.508 e. The van der Waals surface area contributed by atoms with Crippen LogP contribution in [0, 0.1) is 0 Å². The quantitative estimate of drug-likeness (QED) is 0.633. The third-order valence-electron chi connectivity index (χ3n) is 5.51. The van der Waals surface area contributed by atoms with Gasteiger partial charge in [0.2, 0.25) is 5.91 Å². The summed E-state index contributed by atoms with van der Waals surface area (Å²) in [5.74, 6) is -0.530. The molecule has 0 saturated heterocycles. The lowest BCUT2D eigenvalue weighted by Crippen LogP contribution is -2.39. The number of phenolic OH excluding ortho intramolecular Hbond substituents is 2. The van der Waals surface area contributed by atoms with Crippen molar-refractivity contribution in [3.8, 4) is 11.5 Å². The topological polar surface area (TPSA) is 83.6 Å². The van der Waals surface area contributed by atoms with Crippen molar-refractivity contribution in [1.29, 1.82) is 0 Å². The van der Waals surface area contributed by atoms with Crippen LogP contribution in [0.2, 0.25) is 0 Å². The molecule has 1 unspecified atom stereocenters. The lowest BCUT2D eigenvalue weighted by Gasteiger charge is -2.42. The number of hydrogen-bond donors (Lipinski definition) is 3. The van der Waals surface area contributed by atoms with Crippen molar-refractivity contribution in [2.45, 2.75) is 11.3 Å². The van der Waals surface area contributed by atoms with Gasteiger partial charge in [0.05, 0.1) is 0 Å². The first-order valence-corrected chi connectivity index (χ1v) is 9.35. The Labute approximate surface area is 169 Å². The van der Waals surface area contributed by atoms with E-state index in [1.165, 1.54) is 0 Å². The molecule has 0 spiro atoms. The number of hydrogen-bond acceptors (Lipinski definition) is 3. The average molecular weight is 383 g/mol. The van der Waals surface area contributed by atoms with Gasteiger partial charge in [0.15, 0.2) is 0 Å². The molecule has 1 aliphatic carbocycles. The van der Waals surface area contributed by atoms with E-state index in [0.717, 1.165) is 16.7 Å². The Hall–Kier alpha value is -3.79. The highest BCUT2D eigenvalue weighted by atomic mass is 16.3. The van der Waals surface area contributed by atoms with Crippen LogP contribution in [-0.4, -0.2) is 16.1 Å². The van der Waals surface area contributed by atoms with Crippen molar-refractivity contribution in [3.05, 3.63) is 119 Å². The molecule has 0 aliphatic heterocycles. The van der Waals surface area contributed by atoms with Crippen molar-refractivity contribution in [2.75, 3.05) is 0 Å². The zero-order valence-corrected chi connectivity index (χ0v) is 15.7. The highest BCUT2D eigenvalue weighted by Crippen LogP contribution is 2.51. The molecule has 0 fully saturated rings. The summed E-state index contributed by atoms with van der Waals surface area (Å²) in [5, 5.41) is 19.7. The number of carbonyl (C=O) groups excluding carboxylic acids is 1. The molecule has 4 nitrogen and oxygen atoms in total. The van der Waals surface area contributed by atoms with E-state index in [1.54, 1.807) is 30.3 Å². The third kappa shape index (κ3) is 3.19. The smallest absolute Gasteiger partial charge is 0.245 e. The first-order valence-electron chi connectivity index (χ1n) is 9.35. The molecular formula is C25H21NO3. The molecule has 0 radical (unpaired) electrons. The number of phenols is 2. The molecule has 0 bridgehead atoms. The number of nitrogens with two attached hydrogens (primary N) is 1. The fraction of sp³-hybridized carbons (Fsp3) is 0.0800. The van der Waals surface area contributed by atoms with Crippen molar-refractivity contribution in [2.24, 2.45) is 5.73 Å². The van der Waals surface area contributed by atoms with E-state index in [4.69, 9.17) is 5.73 Å². The molecule has 4 rings (SSSR count). The van der Waals surface area contributed by atoms with E-state index in [2.05, 4.69) is 6.08 Å². The van der Waals surface area contributed by atoms with E-state index in [0.29, 0.717) is 5.57 Å². The molecular weight excluding hydrogens is 362 g/mol. The van der Waals surface area contributed by atoms with Gasteiger partial charge >= 0.3 is 0 Å². The van der Waals surface area contributed by atoms with Crippen LogP contribution in [0.15, 0.2) is 103 Å². The van der Waals surface area contributed by atoms with Crippen LogP contribution in [-0.2, 0) is 10.2 Å². The molecule has 3 aromatic carbocycles. The lowest BCUT2D eigenvalue weighted by atomic mass is 9.59. The number of aromatic hydroxyl groups is 2. The summed E-state index contributed by atoms with van der Waals surface area (Å²) in [6, 6.07) is 23.7. The van der Waals surface area contributed by atoms with Gasteiger partial charge in [-0.25, -0.2) is 0 Å². The minimum atomic E-state index is -0.748. The van der Waals surface area contributed by atoms with Crippen LogP contribution in [0.4, 0.5) is 0 Å². The Bertz CT molecular complexity index is 1040. The zero-order valence-electron chi connectivity index (χ0n) is 15.7. The lowest BCUT2D eigenvalue weighted by molar-refractivity contribution is -0.115. The van der Waals surface area contributed by atoms with Crippen LogP contribution in [0.25, 0.3) is 0 Å². The highest BCUT2D eigenvalue weighted by molar-refractivity contribution is 5.95. The third-order valence-corrected chi connectivity index (χ3v) is 5.51. The second kappa shape index (κ2) is 7.32. The number of carbonyl (C=O) groups is 1. The predicted octanol–water partition coefficient (Wildman–Crippen LogP) is 4.15. The van der Waals surface area contributed by atoms with Gasteiger partial charge in [0.1, 0.15) is 11.5 Å². The Kier molecular flexibility index (Phi) is 4.69. The molecule has 144 valence electrons. The van der Waals surface area contributed by atoms with E-state index in [9.17, 15) is 15.0 Å². The van der Waals surface area contributed by atoms with Crippen molar-refractivity contribution in [3.63, 3.8) is 0 Å². The van der Waals surface area contributed by atoms with E-state index in [1.807, 2.05) is 60.7 Å². The SMILES string of the molecule is NC(=O)C1=CC=CC(c2ccc(O)cc2)(c2ccc(O)cc2)C1c1ccccc1. The number of allylic oxidation sites excluding steroid dienone is 3. The Balaban J connectivity index is 2.05. The number of primary amides is 1. The van der Waals surface area contributed by atoms with Gasteiger partial charge in [-0.1, -0.05) is 72.8 Å². The van der Waals surface area contributed by atoms with Crippen molar-refractivity contribution < 1.29 is 15.0 Å². The van der Waals surface area contributed by atoms with Gasteiger partial charge in [-0.2, -0.15) is 0 Å². The molecule has 0 heterocycles. The first kappa shape index (κ1) is 18.6. The number of rotatable bonds is 4. The second-order valence-corrected chi connectivity index (χ2v) is 7.15. The molecule has 4 heteroatoms. The van der Waals surface area contributed by atoms with Gasteiger partial charge in [-0.05, 0) is 41.0 Å². The summed E-state index contributed by atoms with van der Waals surface area (Å²) in [6.45, 7) is 0. The molecule has 1 amide bonds. The summed E-state index contributed by atoms with van der Waals surface area (Å²) in [5.41, 5.74) is 8.30. The minimum absolute atomic E-state index is 0.163. The fourth-order valence-electron chi connectivity index (χ4n) is 4.22.